The van der Waals surface area contributed by atoms with E-state index in [9.17, 15) is 18.0 Å². The molecule has 0 aliphatic heterocycles. The Morgan fingerprint density at radius 1 is 1.39 bits per heavy atom. The first-order valence-electron chi connectivity index (χ1n) is 4.82. The van der Waals surface area contributed by atoms with Crippen LogP contribution < -0.4 is 5.32 Å². The molecule has 2 N–H and O–H groups in total. The first-order chi connectivity index (χ1) is 8.56. The second-order valence-electron chi connectivity index (χ2n) is 3.33. The zero-order valence-corrected chi connectivity index (χ0v) is 8.82. The van der Waals surface area contributed by atoms with E-state index in [-0.39, 0.29) is 11.5 Å². The van der Waals surface area contributed by atoms with Gasteiger partial charge in [-0.1, -0.05) is 0 Å². The molecule has 2 aromatic heterocycles. The van der Waals surface area contributed by atoms with Crippen molar-refractivity contribution in [1.82, 2.24) is 15.2 Å². The fourth-order valence-corrected chi connectivity index (χ4v) is 1.19. The number of nitrogens with one attached hydrogen (secondary N) is 2. The van der Waals surface area contributed by atoms with E-state index in [0.717, 1.165) is 18.3 Å². The lowest BCUT2D eigenvalue weighted by Gasteiger charge is -2.00. The zero-order valence-electron chi connectivity index (χ0n) is 8.82. The molecule has 0 aliphatic carbocycles. The fourth-order valence-electron chi connectivity index (χ4n) is 1.19. The van der Waals surface area contributed by atoms with Crippen LogP contribution in [0.1, 0.15) is 22.6 Å². The predicted molar refractivity (Wildman–Crippen MR) is 55.7 cm³/mol. The maximum Gasteiger partial charge on any atom is 0.279 e. The molecule has 0 aliphatic rings. The molecule has 1 amide bonds. The number of amides is 1. The van der Waals surface area contributed by atoms with Crippen molar-refractivity contribution in [3.63, 3.8) is 0 Å². The van der Waals surface area contributed by atoms with E-state index >= 15 is 0 Å². The van der Waals surface area contributed by atoms with E-state index in [4.69, 9.17) is 0 Å². The summed E-state index contributed by atoms with van der Waals surface area (Å²) in [5, 5.41) is 7.77. The van der Waals surface area contributed by atoms with Crippen molar-refractivity contribution in [2.24, 2.45) is 0 Å². The molecule has 2 aromatic rings. The van der Waals surface area contributed by atoms with Crippen molar-refractivity contribution in [2.45, 2.75) is 6.43 Å². The Morgan fingerprint density at radius 3 is 2.72 bits per heavy atom. The van der Waals surface area contributed by atoms with Crippen LogP contribution in [0.5, 0.6) is 0 Å². The number of rotatable bonds is 3. The molecule has 2 rings (SSSR count). The minimum atomic E-state index is -2.73. The van der Waals surface area contributed by atoms with Crippen molar-refractivity contribution in [1.29, 1.82) is 0 Å². The van der Waals surface area contributed by atoms with Crippen molar-refractivity contribution in [2.75, 3.05) is 5.32 Å². The number of nitrogens with zero attached hydrogens (tertiary/aromatic N) is 2. The Labute approximate surface area is 99.0 Å². The van der Waals surface area contributed by atoms with Gasteiger partial charge in [-0.15, -0.1) is 0 Å². The fraction of sp³-hybridized carbons (Fsp3) is 0.100. The molecule has 0 spiro atoms. The summed E-state index contributed by atoms with van der Waals surface area (Å²) in [5.74, 6) is -1.16. The molecule has 0 radical (unpaired) electrons. The molecule has 18 heavy (non-hydrogen) atoms. The number of anilines is 1. The van der Waals surface area contributed by atoms with Gasteiger partial charge in [0.25, 0.3) is 12.3 Å². The van der Waals surface area contributed by atoms with Crippen molar-refractivity contribution >= 4 is 11.7 Å². The number of pyridine rings is 1. The van der Waals surface area contributed by atoms with Crippen molar-refractivity contribution in [3.05, 3.63) is 41.6 Å². The average molecular weight is 256 g/mol. The maximum absolute atomic E-state index is 12.6. The molecular formula is C10H7F3N4O. The molecule has 0 saturated carbocycles. The van der Waals surface area contributed by atoms with E-state index in [1.807, 2.05) is 5.10 Å². The molecule has 0 fully saturated rings. The third-order valence-corrected chi connectivity index (χ3v) is 2.03. The van der Waals surface area contributed by atoms with Gasteiger partial charge in [0.1, 0.15) is 17.3 Å². The highest BCUT2D eigenvalue weighted by Gasteiger charge is 2.15. The minimum Gasteiger partial charge on any atom is -0.305 e. The van der Waals surface area contributed by atoms with Crippen LogP contribution >= 0.6 is 0 Å². The summed E-state index contributed by atoms with van der Waals surface area (Å²) in [6.45, 7) is 0. The van der Waals surface area contributed by atoms with Gasteiger partial charge in [-0.05, 0) is 18.2 Å². The number of H-pyrrole nitrogens is 1. The molecule has 0 saturated heterocycles. The average Bonchev–Trinajstić information content (AvgIpc) is 2.81. The molecule has 0 aromatic carbocycles. The highest BCUT2D eigenvalue weighted by atomic mass is 19.3. The molecule has 8 heteroatoms. The second-order valence-corrected chi connectivity index (χ2v) is 3.33. The van der Waals surface area contributed by atoms with Gasteiger partial charge in [0, 0.05) is 0 Å². The van der Waals surface area contributed by atoms with E-state index in [2.05, 4.69) is 15.4 Å². The Morgan fingerprint density at radius 2 is 2.17 bits per heavy atom. The number of halogens is 3. The van der Waals surface area contributed by atoms with Gasteiger partial charge in [0.05, 0.1) is 6.20 Å². The summed E-state index contributed by atoms with van der Waals surface area (Å²) in [7, 11) is 0. The molecule has 0 atom stereocenters. The van der Waals surface area contributed by atoms with Crippen LogP contribution in [0.4, 0.5) is 19.0 Å². The monoisotopic (exact) mass is 256 g/mol. The molecule has 0 unspecified atom stereocenters. The van der Waals surface area contributed by atoms with E-state index < -0.39 is 23.8 Å². The number of carbonyl (C=O) groups is 1. The van der Waals surface area contributed by atoms with Gasteiger partial charge < -0.3 is 5.32 Å². The van der Waals surface area contributed by atoms with Gasteiger partial charge in [-0.25, -0.2) is 18.2 Å². The van der Waals surface area contributed by atoms with Gasteiger partial charge in [0.15, 0.2) is 5.69 Å². The minimum absolute atomic E-state index is 0.1000. The van der Waals surface area contributed by atoms with E-state index in [1.54, 1.807) is 0 Å². The Balaban J connectivity index is 2.09. The number of hydrogen-bond acceptors (Lipinski definition) is 3. The Hall–Kier alpha value is -2.38. The Kier molecular flexibility index (Phi) is 3.26. The van der Waals surface area contributed by atoms with Gasteiger partial charge in [0.2, 0.25) is 0 Å². The van der Waals surface area contributed by atoms with Crippen LogP contribution in [0.15, 0.2) is 24.4 Å². The zero-order chi connectivity index (χ0) is 13.1. The maximum atomic E-state index is 12.6. The standard InChI is InChI=1S/C10H7F3N4O/c11-5-1-2-8(14-4-5)15-10(18)7-3-6(9(12)13)16-17-7/h1-4,9H,(H,16,17)(H,14,15,18). The molecule has 94 valence electrons. The first-order valence-corrected chi connectivity index (χ1v) is 4.82. The molecule has 0 bridgehead atoms. The number of alkyl halides is 2. The molecule has 5 nitrogen and oxygen atoms in total. The van der Waals surface area contributed by atoms with Gasteiger partial charge in [-0.2, -0.15) is 5.10 Å². The van der Waals surface area contributed by atoms with Gasteiger partial charge >= 0.3 is 0 Å². The summed E-state index contributed by atoms with van der Waals surface area (Å²) >= 11 is 0. The number of aromatic nitrogens is 3. The van der Waals surface area contributed by atoms with Crippen molar-refractivity contribution in [3.8, 4) is 0 Å². The van der Waals surface area contributed by atoms with Crippen LogP contribution in [0.2, 0.25) is 0 Å². The smallest absolute Gasteiger partial charge is 0.279 e. The SMILES string of the molecule is O=C(Nc1ccc(F)cn1)c1cc(C(F)F)[nH]n1. The number of hydrogen-bond donors (Lipinski definition) is 2. The largest absolute Gasteiger partial charge is 0.305 e. The highest BCUT2D eigenvalue weighted by molar-refractivity contribution is 6.02. The summed E-state index contributed by atoms with van der Waals surface area (Å²) in [4.78, 5) is 15.2. The topological polar surface area (TPSA) is 70.7 Å². The summed E-state index contributed by atoms with van der Waals surface area (Å²) in [6.07, 6.45) is -1.81. The van der Waals surface area contributed by atoms with Crippen LogP contribution in [-0.4, -0.2) is 21.1 Å². The van der Waals surface area contributed by atoms with Crippen molar-refractivity contribution < 1.29 is 18.0 Å². The third-order valence-electron chi connectivity index (χ3n) is 2.03. The third kappa shape index (κ3) is 2.65. The number of aromatic amines is 1. The lowest BCUT2D eigenvalue weighted by molar-refractivity contribution is 0.102. The normalized spacial score (nSPS) is 10.7. The first kappa shape index (κ1) is 12.1. The van der Waals surface area contributed by atoms with E-state index in [0.29, 0.717) is 0 Å². The van der Waals surface area contributed by atoms with Gasteiger partial charge in [-0.3, -0.25) is 9.89 Å². The van der Waals surface area contributed by atoms with Crippen LogP contribution in [0.25, 0.3) is 0 Å². The quantitative estimate of drug-likeness (QED) is 0.883. The lowest BCUT2D eigenvalue weighted by atomic mass is 10.3. The predicted octanol–water partition coefficient (Wildman–Crippen LogP) is 2.13. The number of carbonyl (C=O) groups excluding carboxylic acids is 1. The van der Waals surface area contributed by atoms with Crippen LogP contribution in [0, 0.1) is 5.82 Å². The summed E-state index contributed by atoms with van der Waals surface area (Å²) in [5.41, 5.74) is -0.649. The summed E-state index contributed by atoms with van der Waals surface area (Å²) in [6, 6.07) is 3.29. The summed E-state index contributed by atoms with van der Waals surface area (Å²) < 4.78 is 37.1. The highest BCUT2D eigenvalue weighted by Crippen LogP contribution is 2.16. The second kappa shape index (κ2) is 4.86. The Bertz CT molecular complexity index is 553. The van der Waals surface area contributed by atoms with Crippen LogP contribution in [0.3, 0.4) is 0 Å². The van der Waals surface area contributed by atoms with E-state index in [1.165, 1.54) is 6.07 Å². The lowest BCUT2D eigenvalue weighted by Crippen LogP contribution is -2.13. The molecule has 2 heterocycles. The molecular weight excluding hydrogens is 249 g/mol. The van der Waals surface area contributed by atoms with Crippen LogP contribution in [-0.2, 0) is 0 Å².